The number of carbonyl (C=O) groups is 2. The minimum absolute atomic E-state index is 0.182. The number of rotatable bonds is 1. The summed E-state index contributed by atoms with van der Waals surface area (Å²) in [7, 11) is 0. The summed E-state index contributed by atoms with van der Waals surface area (Å²) >= 11 is 0. The molecule has 2 heterocycles. The summed E-state index contributed by atoms with van der Waals surface area (Å²) in [6, 6.07) is 0. The van der Waals surface area contributed by atoms with Gasteiger partial charge in [0.15, 0.2) is 0 Å². The molecule has 1 aliphatic carbocycles. The molecular weight excluding hydrogens is 214 g/mol. The van der Waals surface area contributed by atoms with Gasteiger partial charge in [0, 0.05) is 18.5 Å². The Balaban J connectivity index is 2.07. The molecule has 2 saturated heterocycles. The number of piperidine rings is 2. The van der Waals surface area contributed by atoms with E-state index < -0.39 is 0 Å². The van der Waals surface area contributed by atoms with E-state index in [0.29, 0.717) is 12.0 Å². The Hall–Kier alpha value is -1.22. The zero-order valence-electron chi connectivity index (χ0n) is 9.89. The Bertz CT molecular complexity index is 424. The molecule has 0 N–H and O–H groups in total. The van der Waals surface area contributed by atoms with Crippen LogP contribution < -0.4 is 0 Å². The Morgan fingerprint density at radius 3 is 3.06 bits per heavy atom. The zero-order chi connectivity index (χ0) is 11.9. The molecule has 0 bridgehead atoms. The Morgan fingerprint density at radius 2 is 2.24 bits per heavy atom. The van der Waals surface area contributed by atoms with E-state index in [9.17, 15) is 9.59 Å². The largest absolute Gasteiger partial charge is 0.299 e. The van der Waals surface area contributed by atoms with Gasteiger partial charge in [-0.3, -0.25) is 14.5 Å². The van der Waals surface area contributed by atoms with Crippen LogP contribution in [0.5, 0.6) is 0 Å². The first-order valence-corrected chi connectivity index (χ1v) is 6.40. The standard InChI is InChI=1S/C14H17NO2/c16-10-11-4-3-7-14-6-1-2-8-15(14)9-5-12(17)13(11)14/h3-4,7,10,13H,1-2,5-6,8-9H2. The van der Waals surface area contributed by atoms with Gasteiger partial charge in [-0.2, -0.15) is 0 Å². The number of hydrogen-bond donors (Lipinski definition) is 0. The van der Waals surface area contributed by atoms with Gasteiger partial charge in [0.25, 0.3) is 0 Å². The maximum absolute atomic E-state index is 12.2. The van der Waals surface area contributed by atoms with Crippen molar-refractivity contribution >= 4 is 12.1 Å². The Kier molecular flexibility index (Phi) is 2.51. The van der Waals surface area contributed by atoms with E-state index in [1.807, 2.05) is 6.08 Å². The number of hydrogen-bond acceptors (Lipinski definition) is 3. The molecule has 3 aliphatic rings. The Labute approximate surface area is 101 Å². The molecule has 0 amide bonds. The maximum atomic E-state index is 12.2. The molecule has 2 atom stereocenters. The molecule has 3 heteroatoms. The van der Waals surface area contributed by atoms with Gasteiger partial charge in [0.2, 0.25) is 0 Å². The van der Waals surface area contributed by atoms with Crippen LogP contribution in [0.1, 0.15) is 25.7 Å². The lowest BCUT2D eigenvalue weighted by atomic mass is 9.66. The van der Waals surface area contributed by atoms with E-state index in [1.165, 1.54) is 6.42 Å². The van der Waals surface area contributed by atoms with E-state index in [-0.39, 0.29) is 17.2 Å². The minimum atomic E-state index is -0.209. The zero-order valence-corrected chi connectivity index (χ0v) is 9.89. The molecule has 0 aromatic rings. The number of Topliss-reactive ketones (excluding diaryl/α,β-unsaturated/α-hetero) is 1. The topological polar surface area (TPSA) is 37.4 Å². The molecule has 0 aromatic heterocycles. The number of carbonyl (C=O) groups excluding carboxylic acids is 2. The number of nitrogens with zero attached hydrogens (tertiary/aromatic N) is 1. The Morgan fingerprint density at radius 1 is 1.35 bits per heavy atom. The lowest BCUT2D eigenvalue weighted by Crippen LogP contribution is -2.62. The van der Waals surface area contributed by atoms with Crippen molar-refractivity contribution in [2.45, 2.75) is 31.2 Å². The van der Waals surface area contributed by atoms with Gasteiger partial charge in [-0.1, -0.05) is 18.2 Å². The van der Waals surface area contributed by atoms with E-state index in [4.69, 9.17) is 0 Å². The molecule has 90 valence electrons. The highest BCUT2D eigenvalue weighted by molar-refractivity contribution is 5.94. The quantitative estimate of drug-likeness (QED) is 0.642. The minimum Gasteiger partial charge on any atom is -0.299 e. The number of aldehydes is 1. The molecule has 0 radical (unpaired) electrons. The molecular formula is C14H17NO2. The second kappa shape index (κ2) is 3.91. The number of ketones is 1. The van der Waals surface area contributed by atoms with E-state index >= 15 is 0 Å². The van der Waals surface area contributed by atoms with Gasteiger partial charge < -0.3 is 0 Å². The molecule has 17 heavy (non-hydrogen) atoms. The van der Waals surface area contributed by atoms with E-state index in [0.717, 1.165) is 32.2 Å². The summed E-state index contributed by atoms with van der Waals surface area (Å²) in [5.41, 5.74) is 0.488. The predicted octanol–water partition coefficient (Wildman–Crippen LogP) is 1.50. The summed E-state index contributed by atoms with van der Waals surface area (Å²) in [5.74, 6) is 0.0323. The second-order valence-electron chi connectivity index (χ2n) is 5.23. The van der Waals surface area contributed by atoms with Crippen molar-refractivity contribution in [3.05, 3.63) is 23.8 Å². The molecule has 0 aromatic carbocycles. The molecule has 2 fully saturated rings. The fourth-order valence-electron chi connectivity index (χ4n) is 3.68. The van der Waals surface area contributed by atoms with Crippen LogP contribution in [0.25, 0.3) is 0 Å². The third kappa shape index (κ3) is 1.45. The lowest BCUT2D eigenvalue weighted by Gasteiger charge is -2.53. The third-order valence-electron chi connectivity index (χ3n) is 4.44. The summed E-state index contributed by atoms with van der Waals surface area (Å²) in [6.07, 6.45) is 10.7. The van der Waals surface area contributed by atoms with Crippen LogP contribution in [0.4, 0.5) is 0 Å². The van der Waals surface area contributed by atoms with Crippen molar-refractivity contribution in [2.75, 3.05) is 13.1 Å². The van der Waals surface area contributed by atoms with Gasteiger partial charge >= 0.3 is 0 Å². The van der Waals surface area contributed by atoms with Gasteiger partial charge in [-0.05, 0) is 25.8 Å². The van der Waals surface area contributed by atoms with Crippen molar-refractivity contribution in [1.29, 1.82) is 0 Å². The van der Waals surface area contributed by atoms with Crippen molar-refractivity contribution in [2.24, 2.45) is 5.92 Å². The highest BCUT2D eigenvalue weighted by Crippen LogP contribution is 2.44. The predicted molar refractivity (Wildman–Crippen MR) is 64.6 cm³/mol. The average molecular weight is 231 g/mol. The average Bonchev–Trinajstić information content (AvgIpc) is 2.37. The SMILES string of the molecule is O=CC1=CC=CC23CCCCN2CCC(=O)C13. The molecule has 1 spiro atoms. The fraction of sp³-hybridized carbons (Fsp3) is 0.571. The van der Waals surface area contributed by atoms with Crippen LogP contribution in [-0.2, 0) is 9.59 Å². The summed E-state index contributed by atoms with van der Waals surface area (Å²) in [6.45, 7) is 1.91. The normalized spacial score (nSPS) is 37.1. The highest BCUT2D eigenvalue weighted by atomic mass is 16.1. The molecule has 2 aliphatic heterocycles. The second-order valence-corrected chi connectivity index (χ2v) is 5.23. The first kappa shape index (κ1) is 10.9. The van der Waals surface area contributed by atoms with Gasteiger partial charge in [-0.15, -0.1) is 0 Å². The van der Waals surface area contributed by atoms with E-state index in [1.54, 1.807) is 6.08 Å². The van der Waals surface area contributed by atoms with Gasteiger partial charge in [-0.25, -0.2) is 0 Å². The summed E-state index contributed by atoms with van der Waals surface area (Å²) in [5, 5.41) is 0. The van der Waals surface area contributed by atoms with Crippen molar-refractivity contribution in [1.82, 2.24) is 4.90 Å². The van der Waals surface area contributed by atoms with E-state index in [2.05, 4.69) is 11.0 Å². The van der Waals surface area contributed by atoms with Crippen LogP contribution in [0.15, 0.2) is 23.8 Å². The van der Waals surface area contributed by atoms with Crippen LogP contribution in [0, 0.1) is 5.92 Å². The van der Waals surface area contributed by atoms with Crippen molar-refractivity contribution in [3.8, 4) is 0 Å². The summed E-state index contributed by atoms with van der Waals surface area (Å²) < 4.78 is 0. The first-order valence-electron chi connectivity index (χ1n) is 6.40. The molecule has 2 unspecified atom stereocenters. The van der Waals surface area contributed by atoms with Crippen LogP contribution in [0.3, 0.4) is 0 Å². The van der Waals surface area contributed by atoms with Crippen molar-refractivity contribution in [3.63, 3.8) is 0 Å². The smallest absolute Gasteiger partial charge is 0.146 e. The first-order chi connectivity index (χ1) is 8.28. The monoisotopic (exact) mass is 231 g/mol. The molecule has 3 rings (SSSR count). The van der Waals surface area contributed by atoms with Crippen LogP contribution in [-0.4, -0.2) is 35.6 Å². The van der Waals surface area contributed by atoms with Crippen molar-refractivity contribution < 1.29 is 9.59 Å². The summed E-state index contributed by atoms with van der Waals surface area (Å²) in [4.78, 5) is 25.8. The van der Waals surface area contributed by atoms with Gasteiger partial charge in [0.1, 0.15) is 12.1 Å². The van der Waals surface area contributed by atoms with Crippen LogP contribution >= 0.6 is 0 Å². The molecule has 0 saturated carbocycles. The lowest BCUT2D eigenvalue weighted by molar-refractivity contribution is -0.133. The third-order valence-corrected chi connectivity index (χ3v) is 4.44. The molecule has 3 nitrogen and oxygen atoms in total. The fourth-order valence-corrected chi connectivity index (χ4v) is 3.68. The number of allylic oxidation sites excluding steroid dienone is 2. The maximum Gasteiger partial charge on any atom is 0.146 e. The van der Waals surface area contributed by atoms with Crippen LogP contribution in [0.2, 0.25) is 0 Å². The highest BCUT2D eigenvalue weighted by Gasteiger charge is 2.51. The van der Waals surface area contributed by atoms with Gasteiger partial charge in [0.05, 0.1) is 11.5 Å².